The smallest absolute Gasteiger partial charge is 0.237 e. The number of carbonyl (C=O) groups excluding carboxylic acids is 1. The van der Waals surface area contributed by atoms with Crippen LogP contribution in [-0.2, 0) is 11.3 Å². The lowest BCUT2D eigenvalue weighted by Gasteiger charge is -2.19. The zero-order valence-electron chi connectivity index (χ0n) is 14.7. The van der Waals surface area contributed by atoms with Gasteiger partial charge >= 0.3 is 0 Å². The van der Waals surface area contributed by atoms with Crippen LogP contribution in [0.25, 0.3) is 11.0 Å². The van der Waals surface area contributed by atoms with Gasteiger partial charge in [-0.05, 0) is 38.3 Å². The first kappa shape index (κ1) is 22.7. The third-order valence-corrected chi connectivity index (χ3v) is 3.81. The summed E-state index contributed by atoms with van der Waals surface area (Å²) in [5.41, 5.74) is 7.99. The average Bonchev–Trinajstić information content (AvgIpc) is 2.84. The lowest BCUT2D eigenvalue weighted by atomic mass is 10.0. The van der Waals surface area contributed by atoms with Crippen LogP contribution >= 0.6 is 24.8 Å². The Morgan fingerprint density at radius 1 is 1.25 bits per heavy atom. The maximum Gasteiger partial charge on any atom is 0.237 e. The minimum Gasteiger partial charge on any atom is -0.345 e. The molecule has 0 fully saturated rings. The molecular weight excluding hydrogens is 347 g/mol. The number of para-hydroxylation sites is 2. The van der Waals surface area contributed by atoms with Gasteiger partial charge in [-0.15, -0.1) is 24.8 Å². The predicted octanol–water partition coefficient (Wildman–Crippen LogP) is 3.45. The van der Waals surface area contributed by atoms with Crippen LogP contribution in [0.1, 0.15) is 46.0 Å². The van der Waals surface area contributed by atoms with E-state index >= 15 is 0 Å². The normalized spacial score (nSPS) is 13.1. The van der Waals surface area contributed by atoms with Gasteiger partial charge in [-0.1, -0.05) is 26.0 Å². The molecule has 1 aromatic heterocycles. The molecular formula is C17H28Cl2N4O. The predicted molar refractivity (Wildman–Crippen MR) is 104 cm³/mol. The number of nitrogens with two attached hydrogens (primary N) is 1. The molecule has 2 atom stereocenters. The summed E-state index contributed by atoms with van der Waals surface area (Å²) in [6.45, 7) is 8.97. The molecule has 0 saturated carbocycles. The Balaban J connectivity index is 0.00000264. The maximum atomic E-state index is 12.2. The Labute approximate surface area is 156 Å². The molecule has 0 aliphatic carbocycles. The number of amides is 1. The SMILES string of the molecule is CCn1c(C(C)NC(=O)[C@@H](N)CC(C)C)nc2ccccc21.Cl.Cl. The molecule has 0 spiro atoms. The van der Waals surface area contributed by atoms with Crippen molar-refractivity contribution in [2.24, 2.45) is 11.7 Å². The van der Waals surface area contributed by atoms with Crippen molar-refractivity contribution >= 4 is 41.8 Å². The molecule has 3 N–H and O–H groups in total. The van der Waals surface area contributed by atoms with Crippen molar-refractivity contribution in [1.82, 2.24) is 14.9 Å². The van der Waals surface area contributed by atoms with Crippen LogP contribution in [0.5, 0.6) is 0 Å². The van der Waals surface area contributed by atoms with E-state index in [-0.39, 0.29) is 36.8 Å². The van der Waals surface area contributed by atoms with Gasteiger partial charge in [0.15, 0.2) is 0 Å². The summed E-state index contributed by atoms with van der Waals surface area (Å²) in [7, 11) is 0. The van der Waals surface area contributed by atoms with Crippen molar-refractivity contribution in [3.05, 3.63) is 30.1 Å². The Morgan fingerprint density at radius 2 is 1.88 bits per heavy atom. The number of hydrogen-bond acceptors (Lipinski definition) is 3. The third kappa shape index (κ3) is 5.10. The molecule has 7 heteroatoms. The van der Waals surface area contributed by atoms with E-state index in [1.165, 1.54) is 0 Å². The second-order valence-electron chi connectivity index (χ2n) is 6.17. The van der Waals surface area contributed by atoms with E-state index in [1.807, 2.05) is 31.2 Å². The van der Waals surface area contributed by atoms with Crippen molar-refractivity contribution in [3.8, 4) is 0 Å². The van der Waals surface area contributed by atoms with Crippen LogP contribution in [-0.4, -0.2) is 21.5 Å². The maximum absolute atomic E-state index is 12.2. The number of hydrogen-bond donors (Lipinski definition) is 2. The van der Waals surface area contributed by atoms with Gasteiger partial charge in [-0.25, -0.2) is 4.98 Å². The number of aromatic nitrogens is 2. The first-order chi connectivity index (χ1) is 10.4. The number of nitrogens with zero attached hydrogens (tertiary/aromatic N) is 2. The van der Waals surface area contributed by atoms with E-state index in [0.717, 1.165) is 23.4 Å². The number of imidazole rings is 1. The summed E-state index contributed by atoms with van der Waals surface area (Å²) >= 11 is 0. The molecule has 1 aromatic carbocycles. The van der Waals surface area contributed by atoms with Crippen LogP contribution in [0, 0.1) is 5.92 Å². The van der Waals surface area contributed by atoms with Crippen molar-refractivity contribution in [1.29, 1.82) is 0 Å². The molecule has 2 rings (SSSR count). The first-order valence-corrected chi connectivity index (χ1v) is 7.95. The van der Waals surface area contributed by atoms with E-state index < -0.39 is 6.04 Å². The van der Waals surface area contributed by atoms with Crippen molar-refractivity contribution in [3.63, 3.8) is 0 Å². The number of nitrogens with one attached hydrogen (secondary N) is 1. The van der Waals surface area contributed by atoms with Gasteiger partial charge in [-0.2, -0.15) is 0 Å². The fourth-order valence-electron chi connectivity index (χ4n) is 2.76. The molecule has 5 nitrogen and oxygen atoms in total. The Hall–Kier alpha value is -1.30. The van der Waals surface area contributed by atoms with Gasteiger partial charge in [0, 0.05) is 6.54 Å². The molecule has 0 radical (unpaired) electrons. The molecule has 0 saturated heterocycles. The summed E-state index contributed by atoms with van der Waals surface area (Å²) in [5, 5.41) is 2.99. The van der Waals surface area contributed by atoms with Crippen LogP contribution in [0.2, 0.25) is 0 Å². The lowest BCUT2D eigenvalue weighted by Crippen LogP contribution is -2.42. The highest BCUT2D eigenvalue weighted by atomic mass is 35.5. The van der Waals surface area contributed by atoms with E-state index in [4.69, 9.17) is 5.73 Å². The fourth-order valence-corrected chi connectivity index (χ4v) is 2.76. The molecule has 136 valence electrons. The quantitative estimate of drug-likeness (QED) is 0.812. The summed E-state index contributed by atoms with van der Waals surface area (Å²) in [6, 6.07) is 7.38. The Morgan fingerprint density at radius 3 is 2.46 bits per heavy atom. The molecule has 24 heavy (non-hydrogen) atoms. The highest BCUT2D eigenvalue weighted by Crippen LogP contribution is 2.20. The molecule has 0 aliphatic heterocycles. The van der Waals surface area contributed by atoms with Crippen LogP contribution in [0.15, 0.2) is 24.3 Å². The minimum absolute atomic E-state index is 0. The van der Waals surface area contributed by atoms with Crippen molar-refractivity contribution in [2.75, 3.05) is 0 Å². The number of halogens is 2. The standard InChI is InChI=1S/C17H26N4O.2ClH/c1-5-21-15-9-7-6-8-14(15)20-16(21)12(4)19-17(22)13(18)10-11(2)3;;/h6-9,11-13H,5,10,18H2,1-4H3,(H,19,22);2*1H/t12?,13-;;/m0../s1. The summed E-state index contributed by atoms with van der Waals surface area (Å²) in [6.07, 6.45) is 0.683. The highest BCUT2D eigenvalue weighted by Gasteiger charge is 2.21. The largest absolute Gasteiger partial charge is 0.345 e. The Bertz CT molecular complexity index is 657. The zero-order chi connectivity index (χ0) is 16.3. The Kier molecular flexibility index (Phi) is 9.33. The zero-order valence-corrected chi connectivity index (χ0v) is 16.3. The topological polar surface area (TPSA) is 72.9 Å². The lowest BCUT2D eigenvalue weighted by molar-refractivity contribution is -0.123. The molecule has 2 aromatic rings. The second kappa shape index (κ2) is 9.87. The number of fused-ring (bicyclic) bond motifs is 1. The van der Waals surface area contributed by atoms with Gasteiger partial charge < -0.3 is 15.6 Å². The van der Waals surface area contributed by atoms with E-state index in [0.29, 0.717) is 12.3 Å². The van der Waals surface area contributed by atoms with Gasteiger partial charge in [0.05, 0.1) is 23.1 Å². The molecule has 1 heterocycles. The molecule has 0 bridgehead atoms. The number of aryl methyl sites for hydroxylation is 1. The summed E-state index contributed by atoms with van der Waals surface area (Å²) < 4.78 is 2.13. The second-order valence-corrected chi connectivity index (χ2v) is 6.17. The van der Waals surface area contributed by atoms with Gasteiger partial charge in [-0.3, -0.25) is 4.79 Å². The molecule has 0 aliphatic rings. The van der Waals surface area contributed by atoms with Gasteiger partial charge in [0.2, 0.25) is 5.91 Å². The van der Waals surface area contributed by atoms with Gasteiger partial charge in [0.25, 0.3) is 0 Å². The minimum atomic E-state index is -0.470. The first-order valence-electron chi connectivity index (χ1n) is 7.95. The number of benzene rings is 1. The van der Waals surface area contributed by atoms with E-state index in [1.54, 1.807) is 0 Å². The van der Waals surface area contributed by atoms with Crippen molar-refractivity contribution < 1.29 is 4.79 Å². The van der Waals surface area contributed by atoms with E-state index in [9.17, 15) is 4.79 Å². The monoisotopic (exact) mass is 374 g/mol. The van der Waals surface area contributed by atoms with Gasteiger partial charge in [0.1, 0.15) is 5.82 Å². The third-order valence-electron chi connectivity index (χ3n) is 3.81. The number of rotatable bonds is 6. The van der Waals surface area contributed by atoms with Crippen LogP contribution in [0.4, 0.5) is 0 Å². The van der Waals surface area contributed by atoms with Crippen LogP contribution < -0.4 is 11.1 Å². The molecule has 1 amide bonds. The van der Waals surface area contributed by atoms with Crippen LogP contribution in [0.3, 0.4) is 0 Å². The van der Waals surface area contributed by atoms with Crippen molar-refractivity contribution in [2.45, 2.75) is 52.7 Å². The average molecular weight is 375 g/mol. The summed E-state index contributed by atoms with van der Waals surface area (Å²) in [5.74, 6) is 1.15. The summed E-state index contributed by atoms with van der Waals surface area (Å²) in [4.78, 5) is 16.9. The van der Waals surface area contributed by atoms with E-state index in [2.05, 4.69) is 35.6 Å². The highest BCUT2D eigenvalue weighted by molar-refractivity contribution is 5.85. The molecule has 1 unspecified atom stereocenters. The fraction of sp³-hybridized carbons (Fsp3) is 0.529. The number of carbonyl (C=O) groups is 1.